The minimum atomic E-state index is -0.0636. The van der Waals surface area contributed by atoms with E-state index >= 15 is 0 Å². The second-order valence-electron chi connectivity index (χ2n) is 7.54. The molecule has 8 heteroatoms. The highest BCUT2D eigenvalue weighted by molar-refractivity contribution is 5.92. The van der Waals surface area contributed by atoms with Gasteiger partial charge in [-0.3, -0.25) is 9.78 Å². The van der Waals surface area contributed by atoms with Crippen molar-refractivity contribution in [1.29, 1.82) is 0 Å². The van der Waals surface area contributed by atoms with Gasteiger partial charge >= 0.3 is 0 Å². The van der Waals surface area contributed by atoms with Gasteiger partial charge in [0.25, 0.3) is 5.91 Å². The molecule has 4 rings (SSSR count). The van der Waals surface area contributed by atoms with Gasteiger partial charge in [-0.25, -0.2) is 9.97 Å². The van der Waals surface area contributed by atoms with E-state index in [-0.39, 0.29) is 5.91 Å². The molecule has 2 fully saturated rings. The number of anilines is 2. The number of piperazine rings is 1. The predicted molar refractivity (Wildman–Crippen MR) is 107 cm³/mol. The van der Waals surface area contributed by atoms with Gasteiger partial charge in [0, 0.05) is 56.4 Å². The van der Waals surface area contributed by atoms with Gasteiger partial charge in [0.2, 0.25) is 5.95 Å². The molecule has 2 aromatic rings. The normalized spacial score (nSPS) is 18.2. The average molecular weight is 381 g/mol. The van der Waals surface area contributed by atoms with Crippen molar-refractivity contribution in [3.05, 3.63) is 36.0 Å². The molecule has 28 heavy (non-hydrogen) atoms. The highest BCUT2D eigenvalue weighted by Gasteiger charge is 2.24. The molecule has 1 saturated heterocycles. The molecular formula is C20H27N7O. The van der Waals surface area contributed by atoms with Crippen LogP contribution in [0.1, 0.15) is 48.3 Å². The zero-order valence-corrected chi connectivity index (χ0v) is 16.3. The molecule has 1 aliphatic carbocycles. The third-order valence-corrected chi connectivity index (χ3v) is 5.45. The highest BCUT2D eigenvalue weighted by atomic mass is 16.2. The number of hydrogen-bond acceptors (Lipinski definition) is 7. The number of amides is 1. The number of nitrogens with one attached hydrogen (secondary N) is 1. The van der Waals surface area contributed by atoms with E-state index in [0.717, 1.165) is 30.5 Å². The van der Waals surface area contributed by atoms with E-state index in [1.807, 2.05) is 17.9 Å². The molecule has 0 unspecified atom stereocenters. The SMILES string of the molecule is Cc1cc(N2CCN(C(=O)c3cnccn3)CC2)nc(NC2CCCCC2)n1. The summed E-state index contributed by atoms with van der Waals surface area (Å²) in [6, 6.07) is 2.50. The summed E-state index contributed by atoms with van der Waals surface area (Å²) in [5.74, 6) is 1.59. The van der Waals surface area contributed by atoms with E-state index in [1.54, 1.807) is 12.4 Å². The third kappa shape index (κ3) is 4.37. The molecule has 0 spiro atoms. The minimum Gasteiger partial charge on any atom is -0.353 e. The van der Waals surface area contributed by atoms with Gasteiger partial charge in [0.15, 0.2) is 0 Å². The molecule has 1 saturated carbocycles. The van der Waals surface area contributed by atoms with Crippen molar-refractivity contribution < 1.29 is 4.79 Å². The Labute approximate surface area is 165 Å². The van der Waals surface area contributed by atoms with Gasteiger partial charge in [-0.1, -0.05) is 19.3 Å². The van der Waals surface area contributed by atoms with Crippen LogP contribution in [0.4, 0.5) is 11.8 Å². The van der Waals surface area contributed by atoms with Gasteiger partial charge in [-0.05, 0) is 19.8 Å². The lowest BCUT2D eigenvalue weighted by molar-refractivity contribution is 0.0740. The van der Waals surface area contributed by atoms with Crippen LogP contribution in [-0.2, 0) is 0 Å². The van der Waals surface area contributed by atoms with E-state index in [2.05, 4.69) is 25.2 Å². The zero-order chi connectivity index (χ0) is 19.3. The minimum absolute atomic E-state index is 0.0636. The molecule has 2 aromatic heterocycles. The molecule has 0 atom stereocenters. The lowest BCUT2D eigenvalue weighted by Gasteiger charge is -2.35. The number of carbonyl (C=O) groups excluding carboxylic acids is 1. The van der Waals surface area contributed by atoms with Crippen LogP contribution in [0.3, 0.4) is 0 Å². The van der Waals surface area contributed by atoms with Crippen molar-refractivity contribution in [1.82, 2.24) is 24.8 Å². The monoisotopic (exact) mass is 381 g/mol. The average Bonchev–Trinajstić information content (AvgIpc) is 2.74. The summed E-state index contributed by atoms with van der Waals surface area (Å²) in [6.07, 6.45) is 10.9. The van der Waals surface area contributed by atoms with E-state index in [4.69, 9.17) is 4.98 Å². The Kier molecular flexibility index (Phi) is 5.64. The largest absolute Gasteiger partial charge is 0.353 e. The summed E-state index contributed by atoms with van der Waals surface area (Å²) in [4.78, 5) is 34.0. The number of aryl methyl sites for hydroxylation is 1. The lowest BCUT2D eigenvalue weighted by atomic mass is 9.96. The molecule has 1 N–H and O–H groups in total. The van der Waals surface area contributed by atoms with E-state index in [1.165, 1.54) is 38.3 Å². The van der Waals surface area contributed by atoms with Crippen molar-refractivity contribution in [3.63, 3.8) is 0 Å². The first-order valence-electron chi connectivity index (χ1n) is 10.1. The number of rotatable bonds is 4. The van der Waals surface area contributed by atoms with Gasteiger partial charge in [0.1, 0.15) is 11.5 Å². The van der Waals surface area contributed by atoms with Crippen LogP contribution in [-0.4, -0.2) is 63.0 Å². The molecular weight excluding hydrogens is 354 g/mol. The molecule has 1 aliphatic heterocycles. The maximum Gasteiger partial charge on any atom is 0.274 e. The van der Waals surface area contributed by atoms with Crippen molar-refractivity contribution in [2.24, 2.45) is 0 Å². The van der Waals surface area contributed by atoms with Crippen LogP contribution in [0.15, 0.2) is 24.7 Å². The number of hydrogen-bond donors (Lipinski definition) is 1. The van der Waals surface area contributed by atoms with Gasteiger partial charge in [-0.2, -0.15) is 4.98 Å². The Balaban J connectivity index is 1.39. The Hall–Kier alpha value is -2.77. The summed E-state index contributed by atoms with van der Waals surface area (Å²) < 4.78 is 0. The van der Waals surface area contributed by atoms with Crippen molar-refractivity contribution >= 4 is 17.7 Å². The fourth-order valence-corrected chi connectivity index (χ4v) is 3.92. The molecule has 0 bridgehead atoms. The van der Waals surface area contributed by atoms with Crippen molar-refractivity contribution in [2.75, 3.05) is 36.4 Å². The van der Waals surface area contributed by atoms with Crippen LogP contribution in [0.2, 0.25) is 0 Å². The first-order chi connectivity index (χ1) is 13.7. The van der Waals surface area contributed by atoms with Crippen molar-refractivity contribution in [3.8, 4) is 0 Å². The second-order valence-corrected chi connectivity index (χ2v) is 7.54. The molecule has 1 amide bonds. The van der Waals surface area contributed by atoms with Crippen LogP contribution >= 0.6 is 0 Å². The lowest BCUT2D eigenvalue weighted by Crippen LogP contribution is -2.49. The quantitative estimate of drug-likeness (QED) is 0.869. The molecule has 0 radical (unpaired) electrons. The summed E-state index contributed by atoms with van der Waals surface area (Å²) in [7, 11) is 0. The van der Waals surface area contributed by atoms with E-state index in [0.29, 0.717) is 24.8 Å². The fourth-order valence-electron chi connectivity index (χ4n) is 3.92. The van der Waals surface area contributed by atoms with Gasteiger partial charge < -0.3 is 15.1 Å². The fraction of sp³-hybridized carbons (Fsp3) is 0.550. The van der Waals surface area contributed by atoms with Crippen LogP contribution in [0.5, 0.6) is 0 Å². The summed E-state index contributed by atoms with van der Waals surface area (Å²) in [5, 5.41) is 3.52. The van der Waals surface area contributed by atoms with Gasteiger partial charge in [-0.15, -0.1) is 0 Å². The third-order valence-electron chi connectivity index (χ3n) is 5.45. The molecule has 0 aromatic carbocycles. The number of carbonyl (C=O) groups is 1. The highest BCUT2D eigenvalue weighted by Crippen LogP contribution is 2.22. The zero-order valence-electron chi connectivity index (χ0n) is 16.3. The maximum atomic E-state index is 12.5. The van der Waals surface area contributed by atoms with Crippen LogP contribution < -0.4 is 10.2 Å². The molecule has 8 nitrogen and oxygen atoms in total. The Morgan fingerprint density at radius 2 is 1.86 bits per heavy atom. The van der Waals surface area contributed by atoms with E-state index in [9.17, 15) is 4.79 Å². The predicted octanol–water partition coefficient (Wildman–Crippen LogP) is 2.28. The second kappa shape index (κ2) is 8.50. The smallest absolute Gasteiger partial charge is 0.274 e. The first-order valence-corrected chi connectivity index (χ1v) is 10.1. The summed E-state index contributed by atoms with van der Waals surface area (Å²) >= 11 is 0. The van der Waals surface area contributed by atoms with Crippen LogP contribution in [0, 0.1) is 6.92 Å². The topological polar surface area (TPSA) is 87.1 Å². The molecule has 148 valence electrons. The molecule has 2 aliphatic rings. The Bertz CT molecular complexity index is 799. The molecule has 3 heterocycles. The van der Waals surface area contributed by atoms with Crippen LogP contribution in [0.25, 0.3) is 0 Å². The standard InChI is InChI=1S/C20H27N7O/c1-15-13-18(25-20(23-15)24-16-5-3-2-4-6-16)26-9-11-27(12-10-26)19(28)17-14-21-7-8-22-17/h7-8,13-14,16H,2-6,9-12H2,1H3,(H,23,24,25). The summed E-state index contributed by atoms with van der Waals surface area (Å²) in [6.45, 7) is 4.77. The van der Waals surface area contributed by atoms with Crippen molar-refractivity contribution in [2.45, 2.75) is 45.1 Å². The first kappa shape index (κ1) is 18.6. The van der Waals surface area contributed by atoms with Gasteiger partial charge in [0.05, 0.1) is 6.20 Å². The van der Waals surface area contributed by atoms with E-state index < -0.39 is 0 Å². The number of aromatic nitrogens is 4. The Morgan fingerprint density at radius 1 is 1.07 bits per heavy atom. The maximum absolute atomic E-state index is 12.5. The Morgan fingerprint density at radius 3 is 2.57 bits per heavy atom. The number of nitrogens with zero attached hydrogens (tertiary/aromatic N) is 6. The summed E-state index contributed by atoms with van der Waals surface area (Å²) in [5.41, 5.74) is 1.36.